The Labute approximate surface area is 125 Å². The van der Waals surface area contributed by atoms with Crippen molar-refractivity contribution in [1.29, 1.82) is 0 Å². The van der Waals surface area contributed by atoms with Crippen molar-refractivity contribution >= 4 is 0 Å². The first-order valence-electron chi connectivity index (χ1n) is 7.49. The molecule has 116 valence electrons. The molecule has 1 aromatic carbocycles. The van der Waals surface area contributed by atoms with Gasteiger partial charge in [-0.3, -0.25) is 0 Å². The maximum Gasteiger partial charge on any atom is 0.161 e. The number of epoxide rings is 1. The first-order valence-corrected chi connectivity index (χ1v) is 7.49. The zero-order chi connectivity index (χ0) is 14.5. The number of benzene rings is 1. The van der Waals surface area contributed by atoms with Crippen LogP contribution < -0.4 is 9.47 Å². The monoisotopic (exact) mass is 294 g/mol. The first kappa shape index (κ1) is 14.6. The Balaban J connectivity index is 1.54. The van der Waals surface area contributed by atoms with Crippen molar-refractivity contribution in [2.45, 2.75) is 38.3 Å². The van der Waals surface area contributed by atoms with Crippen LogP contribution in [0.2, 0.25) is 0 Å². The third-order valence-corrected chi connectivity index (χ3v) is 3.63. The third-order valence-electron chi connectivity index (χ3n) is 3.63. The molecule has 2 fully saturated rings. The summed E-state index contributed by atoms with van der Waals surface area (Å²) in [6, 6.07) is 5.86. The fourth-order valence-corrected chi connectivity index (χ4v) is 2.30. The van der Waals surface area contributed by atoms with E-state index in [1.54, 1.807) is 7.11 Å². The second-order valence-corrected chi connectivity index (χ2v) is 5.36. The van der Waals surface area contributed by atoms with Gasteiger partial charge in [0.1, 0.15) is 12.7 Å². The van der Waals surface area contributed by atoms with Crippen molar-refractivity contribution in [1.82, 2.24) is 0 Å². The van der Waals surface area contributed by atoms with Gasteiger partial charge >= 0.3 is 0 Å². The largest absolute Gasteiger partial charge is 0.493 e. The number of hydrogen-bond acceptors (Lipinski definition) is 5. The van der Waals surface area contributed by atoms with Crippen LogP contribution in [0.5, 0.6) is 11.5 Å². The highest BCUT2D eigenvalue weighted by molar-refractivity contribution is 5.42. The third kappa shape index (κ3) is 4.33. The van der Waals surface area contributed by atoms with Crippen molar-refractivity contribution in [2.75, 3.05) is 26.9 Å². The van der Waals surface area contributed by atoms with Crippen LogP contribution in [-0.4, -0.2) is 39.3 Å². The highest BCUT2D eigenvalue weighted by atomic mass is 16.7. The van der Waals surface area contributed by atoms with Crippen LogP contribution in [0, 0.1) is 0 Å². The van der Waals surface area contributed by atoms with Gasteiger partial charge in [0.15, 0.2) is 17.8 Å². The highest BCUT2D eigenvalue weighted by Gasteiger charge is 2.23. The molecule has 0 aliphatic carbocycles. The van der Waals surface area contributed by atoms with Gasteiger partial charge in [-0.2, -0.15) is 0 Å². The lowest BCUT2D eigenvalue weighted by atomic mass is 10.2. The Morgan fingerprint density at radius 2 is 2.10 bits per heavy atom. The Bertz CT molecular complexity index is 452. The molecular formula is C16H22O5. The summed E-state index contributed by atoms with van der Waals surface area (Å²) in [6.45, 7) is 2.68. The van der Waals surface area contributed by atoms with E-state index >= 15 is 0 Å². The van der Waals surface area contributed by atoms with Gasteiger partial charge in [0.05, 0.1) is 20.3 Å². The number of methoxy groups -OCH3 is 1. The normalized spacial score (nSPS) is 24.6. The molecule has 1 aromatic rings. The lowest BCUT2D eigenvalue weighted by Gasteiger charge is -2.22. The molecule has 2 saturated heterocycles. The van der Waals surface area contributed by atoms with Crippen molar-refractivity contribution < 1.29 is 23.7 Å². The van der Waals surface area contributed by atoms with E-state index in [2.05, 4.69) is 0 Å². The van der Waals surface area contributed by atoms with E-state index in [0.29, 0.717) is 13.2 Å². The second-order valence-electron chi connectivity index (χ2n) is 5.36. The molecule has 2 aliphatic heterocycles. The molecule has 5 nitrogen and oxygen atoms in total. The van der Waals surface area contributed by atoms with Gasteiger partial charge < -0.3 is 23.7 Å². The van der Waals surface area contributed by atoms with Gasteiger partial charge in [0, 0.05) is 6.61 Å². The molecule has 0 N–H and O–H groups in total. The van der Waals surface area contributed by atoms with E-state index in [1.165, 1.54) is 6.42 Å². The zero-order valence-electron chi connectivity index (χ0n) is 12.4. The zero-order valence-corrected chi connectivity index (χ0v) is 12.4. The predicted molar refractivity (Wildman–Crippen MR) is 76.6 cm³/mol. The van der Waals surface area contributed by atoms with Gasteiger partial charge in [-0.25, -0.2) is 0 Å². The summed E-state index contributed by atoms with van der Waals surface area (Å²) in [5.74, 6) is 1.46. The Morgan fingerprint density at radius 3 is 2.81 bits per heavy atom. The molecule has 0 radical (unpaired) electrons. The Kier molecular flexibility index (Phi) is 4.95. The molecule has 0 amide bonds. The SMILES string of the molecule is COc1cc(COC2CCCCO2)ccc1OCC1CO1. The lowest BCUT2D eigenvalue weighted by molar-refractivity contribution is -0.168. The second kappa shape index (κ2) is 7.11. The molecule has 2 aliphatic rings. The van der Waals surface area contributed by atoms with Crippen LogP contribution in [0.25, 0.3) is 0 Å². The molecule has 2 atom stereocenters. The Morgan fingerprint density at radius 1 is 1.19 bits per heavy atom. The van der Waals surface area contributed by atoms with E-state index in [9.17, 15) is 0 Å². The minimum Gasteiger partial charge on any atom is -0.493 e. The van der Waals surface area contributed by atoms with Gasteiger partial charge in [-0.15, -0.1) is 0 Å². The lowest BCUT2D eigenvalue weighted by Crippen LogP contribution is -2.22. The first-order chi connectivity index (χ1) is 10.3. The van der Waals surface area contributed by atoms with Crippen molar-refractivity contribution in [2.24, 2.45) is 0 Å². The molecule has 2 heterocycles. The molecular weight excluding hydrogens is 272 g/mol. The van der Waals surface area contributed by atoms with E-state index in [-0.39, 0.29) is 12.4 Å². The van der Waals surface area contributed by atoms with Gasteiger partial charge in [-0.05, 0) is 37.0 Å². The smallest absolute Gasteiger partial charge is 0.161 e. The van der Waals surface area contributed by atoms with E-state index in [4.69, 9.17) is 23.7 Å². The van der Waals surface area contributed by atoms with Crippen molar-refractivity contribution in [3.8, 4) is 11.5 Å². The quantitative estimate of drug-likeness (QED) is 0.723. The van der Waals surface area contributed by atoms with E-state index in [0.717, 1.165) is 43.1 Å². The molecule has 0 aromatic heterocycles. The number of rotatable bonds is 7. The summed E-state index contributed by atoms with van der Waals surface area (Å²) in [6.07, 6.45) is 3.43. The van der Waals surface area contributed by atoms with Crippen molar-refractivity contribution in [3.63, 3.8) is 0 Å². The Hall–Kier alpha value is -1.30. The standard InChI is InChI=1S/C16H22O5/c1-17-15-8-12(9-21-16-4-2-3-7-18-16)5-6-14(15)20-11-13-10-19-13/h5-6,8,13,16H,2-4,7,9-11H2,1H3. The molecule has 3 rings (SSSR count). The average Bonchev–Trinajstić information content (AvgIpc) is 3.36. The molecule has 0 spiro atoms. The topological polar surface area (TPSA) is 49.5 Å². The van der Waals surface area contributed by atoms with Gasteiger partial charge in [-0.1, -0.05) is 6.07 Å². The fraction of sp³-hybridized carbons (Fsp3) is 0.625. The average molecular weight is 294 g/mol. The van der Waals surface area contributed by atoms with E-state index in [1.807, 2.05) is 18.2 Å². The summed E-state index contributed by atoms with van der Waals surface area (Å²) >= 11 is 0. The fourth-order valence-electron chi connectivity index (χ4n) is 2.30. The van der Waals surface area contributed by atoms with Crippen LogP contribution in [-0.2, 0) is 20.8 Å². The molecule has 21 heavy (non-hydrogen) atoms. The van der Waals surface area contributed by atoms with Gasteiger partial charge in [0.25, 0.3) is 0 Å². The molecule has 5 heteroatoms. The summed E-state index contributed by atoms with van der Waals surface area (Å²) in [7, 11) is 1.64. The predicted octanol–water partition coefficient (Wildman–Crippen LogP) is 2.52. The van der Waals surface area contributed by atoms with Crippen molar-refractivity contribution in [3.05, 3.63) is 23.8 Å². The summed E-state index contributed by atoms with van der Waals surface area (Å²) in [4.78, 5) is 0. The summed E-state index contributed by atoms with van der Waals surface area (Å²) in [5.41, 5.74) is 1.05. The van der Waals surface area contributed by atoms with Crippen LogP contribution in [0.4, 0.5) is 0 Å². The van der Waals surface area contributed by atoms with Crippen LogP contribution in [0.15, 0.2) is 18.2 Å². The molecule has 0 saturated carbocycles. The van der Waals surface area contributed by atoms with Crippen LogP contribution >= 0.6 is 0 Å². The van der Waals surface area contributed by atoms with Gasteiger partial charge in [0.2, 0.25) is 0 Å². The van der Waals surface area contributed by atoms with Crippen LogP contribution in [0.3, 0.4) is 0 Å². The van der Waals surface area contributed by atoms with Crippen LogP contribution in [0.1, 0.15) is 24.8 Å². The molecule has 0 bridgehead atoms. The van der Waals surface area contributed by atoms with E-state index < -0.39 is 0 Å². The number of ether oxygens (including phenoxy) is 5. The summed E-state index contributed by atoms with van der Waals surface area (Å²) < 4.78 is 27.5. The number of hydrogen-bond donors (Lipinski definition) is 0. The highest BCUT2D eigenvalue weighted by Crippen LogP contribution is 2.29. The molecule has 2 unspecified atom stereocenters. The minimum atomic E-state index is -0.0762. The summed E-state index contributed by atoms with van der Waals surface area (Å²) in [5, 5.41) is 0. The maximum absolute atomic E-state index is 5.78. The maximum atomic E-state index is 5.78. The minimum absolute atomic E-state index is 0.0762.